The molecule has 0 radical (unpaired) electrons. The Morgan fingerprint density at radius 1 is 0.800 bits per heavy atom. The Labute approximate surface area is 85.3 Å². The summed E-state index contributed by atoms with van der Waals surface area (Å²) < 4.78 is 12.6. The molecule has 0 aromatic carbocycles. The zero-order chi connectivity index (χ0) is 11.8. The molecule has 0 amide bonds. The van der Waals surface area contributed by atoms with Crippen LogP contribution in [-0.2, 0) is 33.4 Å². The van der Waals surface area contributed by atoms with Gasteiger partial charge in [-0.2, -0.15) is 0 Å². The van der Waals surface area contributed by atoms with Crippen molar-refractivity contribution >= 4 is 23.9 Å². The Kier molecular flexibility index (Phi) is 5.69. The summed E-state index contributed by atoms with van der Waals surface area (Å²) in [5, 5.41) is 0. The van der Waals surface area contributed by atoms with Crippen LogP contribution in [-0.4, -0.2) is 37.1 Å². The van der Waals surface area contributed by atoms with Crippen molar-refractivity contribution in [1.29, 1.82) is 0 Å². The monoisotopic (exact) mass is 218 g/mol. The summed E-state index contributed by atoms with van der Waals surface area (Å²) >= 11 is 0. The minimum absolute atomic E-state index is 0.652. The lowest BCUT2D eigenvalue weighted by atomic mass is 10.6. The number of hydrogen-bond acceptors (Lipinski definition) is 7. The van der Waals surface area contributed by atoms with Crippen molar-refractivity contribution in [2.45, 2.75) is 13.8 Å². The van der Waals surface area contributed by atoms with Gasteiger partial charge in [0, 0.05) is 13.8 Å². The third-order valence-electron chi connectivity index (χ3n) is 1.01. The van der Waals surface area contributed by atoms with Gasteiger partial charge in [-0.1, -0.05) is 0 Å². The highest BCUT2D eigenvalue weighted by Gasteiger charge is 2.12. The Balaban J connectivity index is 3.71. The van der Waals surface area contributed by atoms with E-state index in [1.165, 1.54) is 0 Å². The molecule has 0 aromatic rings. The topological polar surface area (TPSA) is 96.0 Å². The summed E-state index contributed by atoms with van der Waals surface area (Å²) in [6.07, 6.45) is 0. The first-order valence-electron chi connectivity index (χ1n) is 3.92. The predicted molar refractivity (Wildman–Crippen MR) is 44.4 cm³/mol. The van der Waals surface area contributed by atoms with E-state index in [9.17, 15) is 19.2 Å². The van der Waals surface area contributed by atoms with E-state index in [1.54, 1.807) is 0 Å². The first-order chi connectivity index (χ1) is 6.91. The minimum atomic E-state index is -1.03. The third-order valence-corrected chi connectivity index (χ3v) is 1.01. The fourth-order valence-electron chi connectivity index (χ4n) is 0.507. The first kappa shape index (κ1) is 13.1. The summed E-state index contributed by atoms with van der Waals surface area (Å²) in [6, 6.07) is 0. The van der Waals surface area contributed by atoms with Crippen molar-refractivity contribution in [3.05, 3.63) is 0 Å². The summed E-state index contributed by atoms with van der Waals surface area (Å²) in [5.41, 5.74) is 0. The third kappa shape index (κ3) is 8.41. The lowest BCUT2D eigenvalue weighted by molar-refractivity contribution is -0.170. The first-order valence-corrected chi connectivity index (χ1v) is 3.92. The lowest BCUT2D eigenvalue weighted by Crippen LogP contribution is -2.22. The quantitative estimate of drug-likeness (QED) is 0.345. The van der Waals surface area contributed by atoms with E-state index in [0.29, 0.717) is 0 Å². The maximum Gasteiger partial charge on any atom is 0.352 e. The number of hydrogen-bond donors (Lipinski definition) is 0. The molecule has 0 fully saturated rings. The molecule has 0 aliphatic heterocycles. The van der Waals surface area contributed by atoms with E-state index in [-0.39, 0.29) is 0 Å². The summed E-state index contributed by atoms with van der Waals surface area (Å²) in [4.78, 5) is 42.0. The molecule has 7 nitrogen and oxygen atoms in total. The highest BCUT2D eigenvalue weighted by atomic mass is 16.6. The molecular formula is C8H10O7. The van der Waals surface area contributed by atoms with Gasteiger partial charge < -0.3 is 14.2 Å². The van der Waals surface area contributed by atoms with E-state index in [1.807, 2.05) is 0 Å². The SMILES string of the molecule is CC(=O)OCC(=O)OC(=O)COC(C)=O. The Morgan fingerprint density at radius 3 is 1.40 bits per heavy atom. The van der Waals surface area contributed by atoms with Gasteiger partial charge in [-0.3, -0.25) is 9.59 Å². The molecule has 0 heterocycles. The molecule has 0 bridgehead atoms. The van der Waals surface area contributed by atoms with E-state index in [0.717, 1.165) is 13.8 Å². The van der Waals surface area contributed by atoms with Crippen LogP contribution < -0.4 is 0 Å². The van der Waals surface area contributed by atoms with E-state index in [4.69, 9.17) is 0 Å². The predicted octanol–water partition coefficient (Wildman–Crippen LogP) is -0.818. The molecule has 0 N–H and O–H groups in total. The Morgan fingerprint density at radius 2 is 1.13 bits per heavy atom. The van der Waals surface area contributed by atoms with Gasteiger partial charge in [0.15, 0.2) is 13.2 Å². The summed E-state index contributed by atoms with van der Waals surface area (Å²) in [5.74, 6) is -3.39. The van der Waals surface area contributed by atoms with Crippen LogP contribution in [0.15, 0.2) is 0 Å². The van der Waals surface area contributed by atoms with E-state index >= 15 is 0 Å². The average molecular weight is 218 g/mol. The van der Waals surface area contributed by atoms with Gasteiger partial charge in [0.05, 0.1) is 0 Å². The van der Waals surface area contributed by atoms with Gasteiger partial charge in [-0.05, 0) is 0 Å². The maximum atomic E-state index is 10.7. The van der Waals surface area contributed by atoms with Crippen molar-refractivity contribution < 1.29 is 33.4 Å². The lowest BCUT2D eigenvalue weighted by Gasteiger charge is -2.03. The van der Waals surface area contributed by atoms with Gasteiger partial charge >= 0.3 is 23.9 Å². The number of esters is 4. The standard InChI is InChI=1S/C8H10O7/c1-5(9)13-3-7(11)15-8(12)4-14-6(2)10/h3-4H2,1-2H3. The van der Waals surface area contributed by atoms with Crippen molar-refractivity contribution in [1.82, 2.24) is 0 Å². The Bertz CT molecular complexity index is 253. The van der Waals surface area contributed by atoms with E-state index in [2.05, 4.69) is 14.2 Å². The van der Waals surface area contributed by atoms with Crippen molar-refractivity contribution in [3.63, 3.8) is 0 Å². The second-order valence-corrected chi connectivity index (χ2v) is 2.41. The largest absolute Gasteiger partial charge is 0.454 e. The molecule has 0 atom stereocenters. The summed E-state index contributed by atoms with van der Waals surface area (Å²) in [7, 11) is 0. The summed E-state index contributed by atoms with van der Waals surface area (Å²) in [6.45, 7) is 0.907. The van der Waals surface area contributed by atoms with Crippen LogP contribution in [0, 0.1) is 0 Å². The van der Waals surface area contributed by atoms with Crippen LogP contribution in [0.4, 0.5) is 0 Å². The van der Waals surface area contributed by atoms with Gasteiger partial charge in [-0.25, -0.2) is 9.59 Å². The highest BCUT2D eigenvalue weighted by molar-refractivity contribution is 5.88. The van der Waals surface area contributed by atoms with Crippen molar-refractivity contribution in [3.8, 4) is 0 Å². The van der Waals surface area contributed by atoms with Crippen LogP contribution in [0.2, 0.25) is 0 Å². The number of carbonyl (C=O) groups excluding carboxylic acids is 4. The number of ether oxygens (including phenoxy) is 3. The molecule has 7 heteroatoms. The fourth-order valence-corrected chi connectivity index (χ4v) is 0.507. The second-order valence-electron chi connectivity index (χ2n) is 2.41. The second kappa shape index (κ2) is 6.52. The molecule has 0 aromatic heterocycles. The average Bonchev–Trinajstić information content (AvgIpc) is 2.11. The molecule has 0 rings (SSSR count). The molecule has 0 aliphatic carbocycles. The van der Waals surface area contributed by atoms with Gasteiger partial charge in [0.2, 0.25) is 0 Å². The highest BCUT2D eigenvalue weighted by Crippen LogP contribution is 1.86. The smallest absolute Gasteiger partial charge is 0.352 e. The van der Waals surface area contributed by atoms with Crippen LogP contribution in [0.3, 0.4) is 0 Å². The van der Waals surface area contributed by atoms with Crippen molar-refractivity contribution in [2.75, 3.05) is 13.2 Å². The molecule has 0 spiro atoms. The van der Waals surface area contributed by atoms with Crippen LogP contribution >= 0.6 is 0 Å². The fraction of sp³-hybridized carbons (Fsp3) is 0.500. The molecule has 0 unspecified atom stereocenters. The minimum Gasteiger partial charge on any atom is -0.454 e. The van der Waals surface area contributed by atoms with Crippen LogP contribution in [0.25, 0.3) is 0 Å². The van der Waals surface area contributed by atoms with Gasteiger partial charge in [-0.15, -0.1) is 0 Å². The van der Waals surface area contributed by atoms with E-state index < -0.39 is 37.1 Å². The molecular weight excluding hydrogens is 208 g/mol. The van der Waals surface area contributed by atoms with Crippen LogP contribution in [0.1, 0.15) is 13.8 Å². The molecule has 0 saturated heterocycles. The molecule has 0 saturated carbocycles. The normalized spacial score (nSPS) is 8.93. The molecule has 84 valence electrons. The number of rotatable bonds is 4. The van der Waals surface area contributed by atoms with Crippen molar-refractivity contribution in [2.24, 2.45) is 0 Å². The zero-order valence-corrected chi connectivity index (χ0v) is 8.27. The molecule has 0 aliphatic rings. The van der Waals surface area contributed by atoms with Crippen LogP contribution in [0.5, 0.6) is 0 Å². The maximum absolute atomic E-state index is 10.7. The number of carbonyl (C=O) groups is 4. The van der Waals surface area contributed by atoms with Gasteiger partial charge in [0.1, 0.15) is 0 Å². The molecule has 15 heavy (non-hydrogen) atoms. The Hall–Kier alpha value is -1.92. The zero-order valence-electron chi connectivity index (χ0n) is 8.27. The van der Waals surface area contributed by atoms with Gasteiger partial charge in [0.25, 0.3) is 0 Å².